The Balaban J connectivity index is 1.74. The van der Waals surface area contributed by atoms with Crippen LogP contribution in [0.2, 0.25) is 0 Å². The lowest BCUT2D eigenvalue weighted by Crippen LogP contribution is -2.08. The third-order valence-corrected chi connectivity index (χ3v) is 3.16. The highest BCUT2D eigenvalue weighted by atomic mass is 16.1. The molecule has 0 spiro atoms. The van der Waals surface area contributed by atoms with Gasteiger partial charge >= 0.3 is 0 Å². The van der Waals surface area contributed by atoms with Crippen molar-refractivity contribution in [1.29, 1.82) is 0 Å². The summed E-state index contributed by atoms with van der Waals surface area (Å²) in [5, 5.41) is 1.09. The average molecular weight is 262 g/mol. The molecule has 0 saturated carbocycles. The topological polar surface area (TPSA) is 42.9 Å². The number of para-hydroxylation sites is 1. The quantitative estimate of drug-likeness (QED) is 0.726. The molecule has 0 aliphatic heterocycles. The first-order valence-electron chi connectivity index (χ1n) is 6.56. The number of rotatable bonds is 4. The maximum atomic E-state index is 12.1. The molecule has 0 aliphatic carbocycles. The normalized spacial score (nSPS) is 10.6. The number of benzene rings is 1. The second-order valence-corrected chi connectivity index (χ2v) is 4.75. The fraction of sp³-hybridized carbons (Fsp3) is 0.118. The van der Waals surface area contributed by atoms with E-state index >= 15 is 0 Å². The minimum atomic E-state index is 0.154. The molecular formula is C17H14N2O. The lowest BCUT2D eigenvalue weighted by atomic mass is 10.1. The summed E-state index contributed by atoms with van der Waals surface area (Å²) < 4.78 is 0. The van der Waals surface area contributed by atoms with Crippen molar-refractivity contribution in [1.82, 2.24) is 9.97 Å². The van der Waals surface area contributed by atoms with Gasteiger partial charge in [0.1, 0.15) is 5.78 Å². The number of pyridine rings is 2. The minimum Gasteiger partial charge on any atom is -0.299 e. The molecule has 2 heterocycles. The molecule has 2 aromatic heterocycles. The van der Waals surface area contributed by atoms with Crippen LogP contribution in [0.25, 0.3) is 10.9 Å². The van der Waals surface area contributed by atoms with Crippen LogP contribution in [-0.2, 0) is 17.6 Å². The number of aromatic nitrogens is 2. The van der Waals surface area contributed by atoms with Crippen LogP contribution in [0.4, 0.5) is 0 Å². The molecule has 3 rings (SSSR count). The van der Waals surface area contributed by atoms with Gasteiger partial charge in [0.05, 0.1) is 5.52 Å². The van der Waals surface area contributed by atoms with Crippen LogP contribution in [0, 0.1) is 0 Å². The molecule has 0 saturated heterocycles. The summed E-state index contributed by atoms with van der Waals surface area (Å²) in [7, 11) is 0. The molecule has 0 unspecified atom stereocenters. The first-order valence-corrected chi connectivity index (χ1v) is 6.56. The summed E-state index contributed by atoms with van der Waals surface area (Å²) in [6.45, 7) is 0. The second-order valence-electron chi connectivity index (χ2n) is 4.75. The van der Waals surface area contributed by atoms with E-state index in [4.69, 9.17) is 0 Å². The SMILES string of the molecule is O=C(Cc1cccnc1)Cc1ccc2ccccc2n1. The highest BCUT2D eigenvalue weighted by Gasteiger charge is 2.07. The van der Waals surface area contributed by atoms with E-state index in [1.54, 1.807) is 12.4 Å². The number of Topliss-reactive ketones (excluding diaryl/α,β-unsaturated/α-hetero) is 1. The standard InChI is InChI=1S/C17H14N2O/c20-16(10-13-4-3-9-18-12-13)11-15-8-7-14-5-1-2-6-17(14)19-15/h1-9,12H,10-11H2. The molecule has 0 aliphatic rings. The molecule has 3 heteroatoms. The zero-order valence-electron chi connectivity index (χ0n) is 11.0. The maximum Gasteiger partial charge on any atom is 0.143 e. The number of carbonyl (C=O) groups excluding carboxylic acids is 1. The van der Waals surface area contributed by atoms with Crippen molar-refractivity contribution in [3.8, 4) is 0 Å². The smallest absolute Gasteiger partial charge is 0.143 e. The summed E-state index contributed by atoms with van der Waals surface area (Å²) in [6.07, 6.45) is 4.20. The summed E-state index contributed by atoms with van der Waals surface area (Å²) >= 11 is 0. The number of nitrogens with zero attached hydrogens (tertiary/aromatic N) is 2. The molecule has 20 heavy (non-hydrogen) atoms. The summed E-state index contributed by atoms with van der Waals surface area (Å²) in [6, 6.07) is 15.6. The number of carbonyl (C=O) groups is 1. The molecule has 1 aromatic carbocycles. The number of fused-ring (bicyclic) bond motifs is 1. The Morgan fingerprint density at radius 3 is 2.70 bits per heavy atom. The number of hydrogen-bond donors (Lipinski definition) is 0. The molecule has 0 N–H and O–H groups in total. The fourth-order valence-corrected chi connectivity index (χ4v) is 2.20. The van der Waals surface area contributed by atoms with Crippen LogP contribution < -0.4 is 0 Å². The summed E-state index contributed by atoms with van der Waals surface area (Å²) in [5.74, 6) is 0.154. The lowest BCUT2D eigenvalue weighted by molar-refractivity contribution is -0.117. The largest absolute Gasteiger partial charge is 0.299 e. The van der Waals surface area contributed by atoms with Gasteiger partial charge in [0, 0.05) is 36.3 Å². The van der Waals surface area contributed by atoms with Gasteiger partial charge in [-0.1, -0.05) is 30.3 Å². The van der Waals surface area contributed by atoms with Crippen molar-refractivity contribution < 1.29 is 4.79 Å². The Bertz CT molecular complexity index is 738. The van der Waals surface area contributed by atoms with Crippen LogP contribution >= 0.6 is 0 Å². The van der Waals surface area contributed by atoms with E-state index in [2.05, 4.69) is 9.97 Å². The zero-order valence-corrected chi connectivity index (χ0v) is 11.0. The van der Waals surface area contributed by atoms with Gasteiger partial charge in [0.25, 0.3) is 0 Å². The van der Waals surface area contributed by atoms with E-state index < -0.39 is 0 Å². The van der Waals surface area contributed by atoms with Gasteiger partial charge in [-0.15, -0.1) is 0 Å². The Hall–Kier alpha value is -2.55. The molecule has 0 radical (unpaired) electrons. The molecule has 0 amide bonds. The first kappa shape index (κ1) is 12.5. The van der Waals surface area contributed by atoms with Gasteiger partial charge in [-0.25, -0.2) is 0 Å². The minimum absolute atomic E-state index is 0.154. The van der Waals surface area contributed by atoms with Gasteiger partial charge < -0.3 is 0 Å². The molecular weight excluding hydrogens is 248 g/mol. The van der Waals surface area contributed by atoms with Gasteiger partial charge in [-0.05, 0) is 23.8 Å². The average Bonchev–Trinajstić information content (AvgIpc) is 2.48. The molecule has 3 aromatic rings. The van der Waals surface area contributed by atoms with E-state index in [0.717, 1.165) is 22.2 Å². The van der Waals surface area contributed by atoms with Gasteiger partial charge in [-0.3, -0.25) is 14.8 Å². The van der Waals surface area contributed by atoms with Crippen LogP contribution in [0.15, 0.2) is 60.9 Å². The monoisotopic (exact) mass is 262 g/mol. The van der Waals surface area contributed by atoms with Crippen molar-refractivity contribution in [2.75, 3.05) is 0 Å². The summed E-state index contributed by atoms with van der Waals surface area (Å²) in [4.78, 5) is 20.6. The number of ketones is 1. The Morgan fingerprint density at radius 1 is 0.950 bits per heavy atom. The second kappa shape index (κ2) is 5.61. The third kappa shape index (κ3) is 2.88. The van der Waals surface area contributed by atoms with Gasteiger partial charge in [0.15, 0.2) is 0 Å². The Morgan fingerprint density at radius 2 is 1.85 bits per heavy atom. The van der Waals surface area contributed by atoms with Gasteiger partial charge in [0.2, 0.25) is 0 Å². The Labute approximate surface area is 117 Å². The van der Waals surface area contributed by atoms with Crippen LogP contribution in [0.1, 0.15) is 11.3 Å². The molecule has 0 atom stereocenters. The van der Waals surface area contributed by atoms with Crippen molar-refractivity contribution in [3.05, 3.63) is 72.2 Å². The molecule has 0 bridgehead atoms. The molecule has 3 nitrogen and oxygen atoms in total. The lowest BCUT2D eigenvalue weighted by Gasteiger charge is -2.03. The molecule has 98 valence electrons. The van der Waals surface area contributed by atoms with Crippen LogP contribution in [-0.4, -0.2) is 15.8 Å². The van der Waals surface area contributed by atoms with Crippen molar-refractivity contribution in [2.24, 2.45) is 0 Å². The Kier molecular flexibility index (Phi) is 3.50. The van der Waals surface area contributed by atoms with E-state index in [0.29, 0.717) is 12.8 Å². The van der Waals surface area contributed by atoms with E-state index in [9.17, 15) is 4.79 Å². The first-order chi connectivity index (χ1) is 9.81. The highest BCUT2D eigenvalue weighted by molar-refractivity contribution is 5.84. The van der Waals surface area contributed by atoms with Crippen LogP contribution in [0.5, 0.6) is 0 Å². The van der Waals surface area contributed by atoms with Crippen molar-refractivity contribution >= 4 is 16.7 Å². The van der Waals surface area contributed by atoms with E-state index in [1.165, 1.54) is 0 Å². The highest BCUT2D eigenvalue weighted by Crippen LogP contribution is 2.12. The number of hydrogen-bond acceptors (Lipinski definition) is 3. The zero-order chi connectivity index (χ0) is 13.8. The fourth-order valence-electron chi connectivity index (χ4n) is 2.20. The van der Waals surface area contributed by atoms with Crippen LogP contribution in [0.3, 0.4) is 0 Å². The third-order valence-electron chi connectivity index (χ3n) is 3.16. The van der Waals surface area contributed by atoms with Crippen molar-refractivity contribution in [2.45, 2.75) is 12.8 Å². The van der Waals surface area contributed by atoms with E-state index in [-0.39, 0.29) is 5.78 Å². The predicted molar refractivity (Wildman–Crippen MR) is 78.4 cm³/mol. The van der Waals surface area contributed by atoms with Crippen molar-refractivity contribution in [3.63, 3.8) is 0 Å². The van der Waals surface area contributed by atoms with E-state index in [1.807, 2.05) is 48.5 Å². The molecule has 0 fully saturated rings. The maximum absolute atomic E-state index is 12.1. The summed E-state index contributed by atoms with van der Waals surface area (Å²) in [5.41, 5.74) is 2.69. The van der Waals surface area contributed by atoms with Gasteiger partial charge in [-0.2, -0.15) is 0 Å². The predicted octanol–water partition coefficient (Wildman–Crippen LogP) is 2.98.